The molecule has 0 aliphatic heterocycles. The molecular weight excluding hydrogens is 184 g/mol. The molecule has 0 aromatic carbocycles. The van der Waals surface area contributed by atoms with Crippen molar-refractivity contribution in [2.45, 2.75) is 33.6 Å². The SMILES string of the molecule is CCC(CC)C(C)(C(=O)O)C(=O)OC. The summed E-state index contributed by atoms with van der Waals surface area (Å²) in [5.41, 5.74) is -1.42. The third-order valence-corrected chi connectivity index (χ3v) is 2.86. The van der Waals surface area contributed by atoms with Crippen LogP contribution in [0.4, 0.5) is 0 Å². The van der Waals surface area contributed by atoms with Gasteiger partial charge in [-0.15, -0.1) is 0 Å². The molecule has 1 unspecified atom stereocenters. The molecule has 0 saturated heterocycles. The average Bonchev–Trinajstić information content (AvgIpc) is 2.17. The molecule has 0 fully saturated rings. The number of rotatable bonds is 5. The highest BCUT2D eigenvalue weighted by atomic mass is 16.5. The van der Waals surface area contributed by atoms with Crippen molar-refractivity contribution >= 4 is 11.9 Å². The fraction of sp³-hybridized carbons (Fsp3) is 0.800. The van der Waals surface area contributed by atoms with Gasteiger partial charge in [0.15, 0.2) is 5.41 Å². The van der Waals surface area contributed by atoms with Gasteiger partial charge in [-0.25, -0.2) is 0 Å². The fourth-order valence-electron chi connectivity index (χ4n) is 1.75. The molecule has 4 nitrogen and oxygen atoms in total. The van der Waals surface area contributed by atoms with Gasteiger partial charge in [0, 0.05) is 0 Å². The van der Waals surface area contributed by atoms with Gasteiger partial charge in [-0.05, 0) is 12.8 Å². The molecule has 0 aliphatic carbocycles. The molecule has 0 aliphatic rings. The molecule has 0 radical (unpaired) electrons. The normalized spacial score (nSPS) is 14.9. The van der Waals surface area contributed by atoms with E-state index in [4.69, 9.17) is 5.11 Å². The van der Waals surface area contributed by atoms with Crippen LogP contribution in [0.2, 0.25) is 0 Å². The second kappa shape index (κ2) is 4.98. The van der Waals surface area contributed by atoms with Crippen molar-refractivity contribution in [2.24, 2.45) is 11.3 Å². The van der Waals surface area contributed by atoms with Gasteiger partial charge in [0.1, 0.15) is 0 Å². The third-order valence-electron chi connectivity index (χ3n) is 2.86. The lowest BCUT2D eigenvalue weighted by Gasteiger charge is -2.29. The molecule has 0 rings (SSSR count). The number of carbonyl (C=O) groups excluding carboxylic acids is 1. The van der Waals surface area contributed by atoms with Crippen molar-refractivity contribution < 1.29 is 19.4 Å². The number of carboxylic acids is 1. The summed E-state index contributed by atoms with van der Waals surface area (Å²) in [6, 6.07) is 0. The van der Waals surface area contributed by atoms with Crippen LogP contribution in [-0.4, -0.2) is 24.2 Å². The maximum Gasteiger partial charge on any atom is 0.323 e. The second-order valence-corrected chi connectivity index (χ2v) is 3.51. The topological polar surface area (TPSA) is 63.6 Å². The number of hydrogen-bond donors (Lipinski definition) is 1. The number of methoxy groups -OCH3 is 1. The van der Waals surface area contributed by atoms with Crippen molar-refractivity contribution in [1.29, 1.82) is 0 Å². The van der Waals surface area contributed by atoms with Gasteiger partial charge in [0.2, 0.25) is 0 Å². The van der Waals surface area contributed by atoms with Crippen LogP contribution < -0.4 is 0 Å². The van der Waals surface area contributed by atoms with Crippen LogP contribution in [0.3, 0.4) is 0 Å². The molecule has 4 heteroatoms. The quantitative estimate of drug-likeness (QED) is 0.544. The van der Waals surface area contributed by atoms with Crippen molar-refractivity contribution in [1.82, 2.24) is 0 Å². The smallest absolute Gasteiger partial charge is 0.323 e. The Labute approximate surface area is 84.3 Å². The maximum atomic E-state index is 11.4. The lowest BCUT2D eigenvalue weighted by atomic mass is 9.74. The first-order valence-electron chi connectivity index (χ1n) is 4.76. The highest BCUT2D eigenvalue weighted by molar-refractivity contribution is 5.99. The number of hydrogen-bond acceptors (Lipinski definition) is 3. The second-order valence-electron chi connectivity index (χ2n) is 3.51. The summed E-state index contributed by atoms with van der Waals surface area (Å²) in [4.78, 5) is 22.5. The summed E-state index contributed by atoms with van der Waals surface area (Å²) in [5, 5.41) is 9.07. The molecule has 0 amide bonds. The molecule has 0 aromatic heterocycles. The zero-order valence-corrected chi connectivity index (χ0v) is 9.16. The largest absolute Gasteiger partial charge is 0.480 e. The van der Waals surface area contributed by atoms with Crippen LogP contribution >= 0.6 is 0 Å². The Balaban J connectivity index is 5.07. The van der Waals surface area contributed by atoms with E-state index in [1.165, 1.54) is 14.0 Å². The molecule has 0 saturated carbocycles. The molecular formula is C10H18O4. The van der Waals surface area contributed by atoms with E-state index in [2.05, 4.69) is 4.74 Å². The Morgan fingerprint density at radius 1 is 1.36 bits per heavy atom. The summed E-state index contributed by atoms with van der Waals surface area (Å²) in [6.45, 7) is 5.18. The van der Waals surface area contributed by atoms with Gasteiger partial charge in [0.25, 0.3) is 0 Å². The van der Waals surface area contributed by atoms with E-state index in [1.807, 2.05) is 13.8 Å². The lowest BCUT2D eigenvalue weighted by molar-refractivity contribution is -0.170. The highest BCUT2D eigenvalue weighted by Gasteiger charge is 2.47. The van der Waals surface area contributed by atoms with Crippen LogP contribution in [-0.2, 0) is 14.3 Å². The standard InChI is InChI=1S/C10H18O4/c1-5-7(6-2)10(3,8(11)12)9(13)14-4/h7H,5-6H2,1-4H3,(H,11,12). The fourth-order valence-corrected chi connectivity index (χ4v) is 1.75. The summed E-state index contributed by atoms with van der Waals surface area (Å²) in [7, 11) is 1.21. The Bertz CT molecular complexity index is 220. The van der Waals surface area contributed by atoms with Crippen molar-refractivity contribution in [3.8, 4) is 0 Å². The Hall–Kier alpha value is -1.06. The minimum Gasteiger partial charge on any atom is -0.480 e. The summed E-state index contributed by atoms with van der Waals surface area (Å²) >= 11 is 0. The van der Waals surface area contributed by atoms with Crippen molar-refractivity contribution in [3.63, 3.8) is 0 Å². The summed E-state index contributed by atoms with van der Waals surface area (Å²) < 4.78 is 4.54. The van der Waals surface area contributed by atoms with E-state index in [0.29, 0.717) is 12.8 Å². The van der Waals surface area contributed by atoms with Crippen molar-refractivity contribution in [3.05, 3.63) is 0 Å². The van der Waals surface area contributed by atoms with E-state index >= 15 is 0 Å². The molecule has 14 heavy (non-hydrogen) atoms. The summed E-state index contributed by atoms with van der Waals surface area (Å²) in [6.07, 6.45) is 1.29. The number of esters is 1. The van der Waals surface area contributed by atoms with E-state index in [1.54, 1.807) is 0 Å². The van der Waals surface area contributed by atoms with Gasteiger partial charge in [0.05, 0.1) is 7.11 Å². The van der Waals surface area contributed by atoms with E-state index < -0.39 is 17.4 Å². The first-order valence-corrected chi connectivity index (χ1v) is 4.76. The number of aliphatic carboxylic acids is 1. The number of ether oxygens (including phenoxy) is 1. The van der Waals surface area contributed by atoms with Gasteiger partial charge in [-0.1, -0.05) is 26.7 Å². The molecule has 1 atom stereocenters. The molecule has 0 spiro atoms. The van der Waals surface area contributed by atoms with Gasteiger partial charge in [-0.2, -0.15) is 0 Å². The average molecular weight is 202 g/mol. The van der Waals surface area contributed by atoms with Gasteiger partial charge >= 0.3 is 11.9 Å². The zero-order chi connectivity index (χ0) is 11.4. The zero-order valence-electron chi connectivity index (χ0n) is 9.16. The first kappa shape index (κ1) is 12.9. The maximum absolute atomic E-state index is 11.4. The van der Waals surface area contributed by atoms with Crippen LogP contribution in [0.15, 0.2) is 0 Å². The van der Waals surface area contributed by atoms with Crippen LogP contribution in [0, 0.1) is 11.3 Å². The highest BCUT2D eigenvalue weighted by Crippen LogP contribution is 2.34. The van der Waals surface area contributed by atoms with Crippen molar-refractivity contribution in [2.75, 3.05) is 7.11 Å². The van der Waals surface area contributed by atoms with Crippen LogP contribution in [0.25, 0.3) is 0 Å². The minimum absolute atomic E-state index is 0.188. The van der Waals surface area contributed by atoms with Gasteiger partial charge in [-0.3, -0.25) is 9.59 Å². The first-order chi connectivity index (χ1) is 6.44. The van der Waals surface area contributed by atoms with Crippen LogP contribution in [0.1, 0.15) is 33.6 Å². The molecule has 82 valence electrons. The Morgan fingerprint density at radius 2 is 1.79 bits per heavy atom. The minimum atomic E-state index is -1.42. The van der Waals surface area contributed by atoms with Crippen LogP contribution in [0.5, 0.6) is 0 Å². The predicted molar refractivity (Wildman–Crippen MR) is 51.8 cm³/mol. The molecule has 0 bridgehead atoms. The predicted octanol–water partition coefficient (Wildman–Crippen LogP) is 1.69. The number of carbonyl (C=O) groups is 2. The third kappa shape index (κ3) is 2.05. The van der Waals surface area contributed by atoms with E-state index in [9.17, 15) is 9.59 Å². The molecule has 0 heterocycles. The van der Waals surface area contributed by atoms with Gasteiger partial charge < -0.3 is 9.84 Å². The monoisotopic (exact) mass is 202 g/mol. The Kier molecular flexibility index (Phi) is 4.60. The Morgan fingerprint density at radius 3 is 2.00 bits per heavy atom. The molecule has 1 N–H and O–H groups in total. The number of carboxylic acid groups (broad SMARTS) is 1. The lowest BCUT2D eigenvalue weighted by Crippen LogP contribution is -2.43. The van der Waals surface area contributed by atoms with E-state index in [-0.39, 0.29) is 5.92 Å². The molecule has 0 aromatic rings. The van der Waals surface area contributed by atoms with E-state index in [0.717, 1.165) is 0 Å². The summed E-state index contributed by atoms with van der Waals surface area (Å²) in [5.74, 6) is -1.97.